The molecular weight excluding hydrogens is 334 g/mol. The Morgan fingerprint density at radius 3 is 2.37 bits per heavy atom. The van der Waals surface area contributed by atoms with Crippen molar-refractivity contribution in [3.05, 3.63) is 88.5 Å². The van der Waals surface area contributed by atoms with Gasteiger partial charge in [0.05, 0.1) is 7.11 Å². The van der Waals surface area contributed by atoms with Gasteiger partial charge >= 0.3 is 0 Å². The highest BCUT2D eigenvalue weighted by Crippen LogP contribution is 2.29. The molecule has 0 bridgehead atoms. The van der Waals surface area contributed by atoms with Crippen LogP contribution in [-0.2, 0) is 13.2 Å². The number of nitrogens with one attached hydrogen (secondary N) is 1. The van der Waals surface area contributed by atoms with Crippen LogP contribution in [0.25, 0.3) is 0 Å². The van der Waals surface area contributed by atoms with Gasteiger partial charge in [0.2, 0.25) is 0 Å². The summed E-state index contributed by atoms with van der Waals surface area (Å²) in [5.74, 6) is 1.51. The molecule has 0 spiro atoms. The lowest BCUT2D eigenvalue weighted by atomic mass is 10.1. The van der Waals surface area contributed by atoms with Crippen molar-refractivity contribution >= 4 is 5.69 Å². The van der Waals surface area contributed by atoms with Crippen molar-refractivity contribution in [2.75, 3.05) is 12.4 Å². The summed E-state index contributed by atoms with van der Waals surface area (Å²) in [6.45, 7) is 7.60. The third-order valence-corrected chi connectivity index (χ3v) is 4.71. The van der Waals surface area contributed by atoms with E-state index in [9.17, 15) is 0 Å². The molecule has 1 N–H and O–H groups in total. The quantitative estimate of drug-likeness (QED) is 0.576. The Hall–Kier alpha value is -2.94. The Kier molecular flexibility index (Phi) is 6.02. The molecule has 3 nitrogen and oxygen atoms in total. The fraction of sp³-hybridized carbons (Fsp3) is 0.250. The van der Waals surface area contributed by atoms with Gasteiger partial charge in [-0.3, -0.25) is 0 Å². The van der Waals surface area contributed by atoms with Crippen molar-refractivity contribution in [3.63, 3.8) is 0 Å². The van der Waals surface area contributed by atoms with Gasteiger partial charge in [-0.1, -0.05) is 42.0 Å². The zero-order valence-corrected chi connectivity index (χ0v) is 16.5. The van der Waals surface area contributed by atoms with Gasteiger partial charge in [-0.15, -0.1) is 0 Å². The lowest BCUT2D eigenvalue weighted by Crippen LogP contribution is -2.02. The molecule has 0 saturated heterocycles. The number of aryl methyl sites for hydroxylation is 3. The number of hydrogen-bond donors (Lipinski definition) is 1. The minimum Gasteiger partial charge on any atom is -0.493 e. The Labute approximate surface area is 162 Å². The molecule has 0 aliphatic rings. The molecule has 0 saturated carbocycles. The van der Waals surface area contributed by atoms with Crippen molar-refractivity contribution in [3.8, 4) is 11.5 Å². The fourth-order valence-electron chi connectivity index (χ4n) is 2.96. The predicted molar refractivity (Wildman–Crippen MR) is 112 cm³/mol. The first-order valence-electron chi connectivity index (χ1n) is 9.21. The first-order chi connectivity index (χ1) is 13.0. The molecule has 3 rings (SSSR count). The van der Waals surface area contributed by atoms with E-state index in [4.69, 9.17) is 9.47 Å². The van der Waals surface area contributed by atoms with Crippen LogP contribution in [0.5, 0.6) is 11.5 Å². The third kappa shape index (κ3) is 5.04. The summed E-state index contributed by atoms with van der Waals surface area (Å²) in [7, 11) is 1.68. The SMILES string of the molecule is COc1cc(CNc2ccc(C)c(C)c2)ccc1OCc1cccc(C)c1. The third-order valence-electron chi connectivity index (χ3n) is 4.71. The van der Waals surface area contributed by atoms with E-state index in [1.807, 2.05) is 18.2 Å². The van der Waals surface area contributed by atoms with Crippen LogP contribution in [-0.4, -0.2) is 7.11 Å². The van der Waals surface area contributed by atoms with E-state index in [0.717, 1.165) is 34.9 Å². The topological polar surface area (TPSA) is 30.5 Å². The Morgan fingerprint density at radius 2 is 1.63 bits per heavy atom. The number of methoxy groups -OCH3 is 1. The summed E-state index contributed by atoms with van der Waals surface area (Å²) < 4.78 is 11.5. The van der Waals surface area contributed by atoms with Gasteiger partial charge in [0.1, 0.15) is 6.61 Å². The van der Waals surface area contributed by atoms with Crippen LogP contribution in [0.15, 0.2) is 60.7 Å². The van der Waals surface area contributed by atoms with E-state index in [0.29, 0.717) is 6.61 Å². The summed E-state index contributed by atoms with van der Waals surface area (Å²) in [5.41, 5.74) is 7.24. The molecule has 140 valence electrons. The fourth-order valence-corrected chi connectivity index (χ4v) is 2.96. The monoisotopic (exact) mass is 361 g/mol. The number of hydrogen-bond acceptors (Lipinski definition) is 3. The minimum atomic E-state index is 0.526. The molecule has 0 aliphatic carbocycles. The average Bonchev–Trinajstić information content (AvgIpc) is 2.67. The molecule has 0 aromatic heterocycles. The predicted octanol–water partition coefficient (Wildman–Crippen LogP) is 5.81. The van der Waals surface area contributed by atoms with Gasteiger partial charge in [-0.2, -0.15) is 0 Å². The van der Waals surface area contributed by atoms with E-state index in [1.54, 1.807) is 7.11 Å². The molecule has 0 amide bonds. The second-order valence-corrected chi connectivity index (χ2v) is 6.92. The molecule has 0 unspecified atom stereocenters. The summed E-state index contributed by atoms with van der Waals surface area (Å²) >= 11 is 0. The summed E-state index contributed by atoms with van der Waals surface area (Å²) in [5, 5.41) is 3.47. The first-order valence-corrected chi connectivity index (χ1v) is 9.21. The highest BCUT2D eigenvalue weighted by atomic mass is 16.5. The van der Waals surface area contributed by atoms with Crippen molar-refractivity contribution in [2.45, 2.75) is 33.9 Å². The molecule has 3 heteroatoms. The van der Waals surface area contributed by atoms with Gasteiger partial charge in [0, 0.05) is 12.2 Å². The van der Waals surface area contributed by atoms with Gasteiger partial charge in [-0.05, 0) is 67.3 Å². The van der Waals surface area contributed by atoms with E-state index in [1.165, 1.54) is 16.7 Å². The van der Waals surface area contributed by atoms with Crippen molar-refractivity contribution < 1.29 is 9.47 Å². The minimum absolute atomic E-state index is 0.526. The van der Waals surface area contributed by atoms with Crippen LogP contribution in [0.1, 0.15) is 27.8 Å². The molecular formula is C24H27NO2. The normalized spacial score (nSPS) is 10.5. The molecule has 0 atom stereocenters. The lowest BCUT2D eigenvalue weighted by Gasteiger charge is -2.14. The van der Waals surface area contributed by atoms with Gasteiger partial charge in [0.15, 0.2) is 11.5 Å². The number of benzene rings is 3. The standard InChI is InChI=1S/C24H27NO2/c1-17-6-5-7-21(12-17)16-27-23-11-9-20(14-24(23)26-4)15-25-22-10-8-18(2)19(3)13-22/h5-14,25H,15-16H2,1-4H3. The Balaban J connectivity index is 1.65. The maximum Gasteiger partial charge on any atom is 0.161 e. The van der Waals surface area contributed by atoms with Crippen LogP contribution in [0.4, 0.5) is 5.69 Å². The molecule has 0 radical (unpaired) electrons. The van der Waals surface area contributed by atoms with Crippen molar-refractivity contribution in [2.24, 2.45) is 0 Å². The van der Waals surface area contributed by atoms with Gasteiger partial charge in [-0.25, -0.2) is 0 Å². The number of rotatable bonds is 7. The number of anilines is 1. The molecule has 3 aromatic rings. The van der Waals surface area contributed by atoms with Crippen LogP contribution >= 0.6 is 0 Å². The Morgan fingerprint density at radius 1 is 0.778 bits per heavy atom. The van der Waals surface area contributed by atoms with Crippen LogP contribution in [0.3, 0.4) is 0 Å². The smallest absolute Gasteiger partial charge is 0.161 e. The second-order valence-electron chi connectivity index (χ2n) is 6.92. The largest absolute Gasteiger partial charge is 0.493 e. The summed E-state index contributed by atoms with van der Waals surface area (Å²) in [6.07, 6.45) is 0. The summed E-state index contributed by atoms with van der Waals surface area (Å²) in [6, 6.07) is 20.8. The van der Waals surface area contributed by atoms with Gasteiger partial charge < -0.3 is 14.8 Å². The van der Waals surface area contributed by atoms with Crippen molar-refractivity contribution in [1.82, 2.24) is 0 Å². The highest BCUT2D eigenvalue weighted by Gasteiger charge is 2.07. The zero-order chi connectivity index (χ0) is 19.2. The van der Waals surface area contributed by atoms with Gasteiger partial charge in [0.25, 0.3) is 0 Å². The van der Waals surface area contributed by atoms with E-state index >= 15 is 0 Å². The maximum absolute atomic E-state index is 5.97. The molecule has 0 fully saturated rings. The van der Waals surface area contributed by atoms with E-state index in [-0.39, 0.29) is 0 Å². The lowest BCUT2D eigenvalue weighted by molar-refractivity contribution is 0.284. The first kappa shape index (κ1) is 18.8. The molecule has 27 heavy (non-hydrogen) atoms. The average molecular weight is 361 g/mol. The van der Waals surface area contributed by atoms with E-state index < -0.39 is 0 Å². The van der Waals surface area contributed by atoms with Crippen LogP contribution in [0, 0.1) is 20.8 Å². The van der Waals surface area contributed by atoms with Crippen molar-refractivity contribution in [1.29, 1.82) is 0 Å². The summed E-state index contributed by atoms with van der Waals surface area (Å²) in [4.78, 5) is 0. The van der Waals surface area contributed by atoms with Crippen LogP contribution in [0.2, 0.25) is 0 Å². The van der Waals surface area contributed by atoms with E-state index in [2.05, 4.69) is 68.6 Å². The second kappa shape index (κ2) is 8.63. The van der Waals surface area contributed by atoms with Crippen LogP contribution < -0.4 is 14.8 Å². The molecule has 3 aromatic carbocycles. The molecule has 0 heterocycles. The Bertz CT molecular complexity index is 918. The maximum atomic E-state index is 5.97. The highest BCUT2D eigenvalue weighted by molar-refractivity contribution is 5.49. The zero-order valence-electron chi connectivity index (χ0n) is 16.5. The number of ether oxygens (including phenoxy) is 2. The molecule has 0 aliphatic heterocycles.